The molecule has 21 heavy (non-hydrogen) atoms. The average molecular weight is 334 g/mol. The Bertz CT molecular complexity index is 606. The molecule has 1 heteroatoms. The molecule has 104 valence electrons. The quantitative estimate of drug-likeness (QED) is 0.644. The number of hydrogen-bond donors (Lipinski definition) is 0. The van der Waals surface area contributed by atoms with Crippen molar-refractivity contribution in [2.45, 2.75) is 0 Å². The zero-order valence-electron chi connectivity index (χ0n) is 11.9. The van der Waals surface area contributed by atoms with Gasteiger partial charge in [0.1, 0.15) is 0 Å². The van der Waals surface area contributed by atoms with E-state index in [1.165, 1.54) is 13.1 Å². The van der Waals surface area contributed by atoms with E-state index in [9.17, 15) is 0 Å². The van der Waals surface area contributed by atoms with E-state index in [2.05, 4.69) is 102 Å². The third-order valence-corrected chi connectivity index (χ3v) is 13.1. The molecular formula is C20H19As. The molecule has 0 atom stereocenters. The molecule has 0 aliphatic rings. The van der Waals surface area contributed by atoms with Crippen LogP contribution in [0.25, 0.3) is 0 Å². The maximum absolute atomic E-state index is 4.25. The van der Waals surface area contributed by atoms with Crippen molar-refractivity contribution in [2.75, 3.05) is 0 Å². The first-order chi connectivity index (χ1) is 10.4. The van der Waals surface area contributed by atoms with Gasteiger partial charge in [0.25, 0.3) is 0 Å². The fourth-order valence-electron chi connectivity index (χ4n) is 2.96. The minimum atomic E-state index is -2.77. The SMILES string of the molecule is C=C[AsH](c1ccccc1)(c1ccccc1)c1ccccc1. The van der Waals surface area contributed by atoms with Gasteiger partial charge in [-0.05, 0) is 0 Å². The molecule has 0 saturated carbocycles. The predicted octanol–water partition coefficient (Wildman–Crippen LogP) is 2.61. The molecule has 0 radical (unpaired) electrons. The standard InChI is InChI=1S/C20H19As/c1-2-21(18-12-6-3-7-13-18,19-14-8-4-9-15-19)20-16-10-5-11-17-20/h2-17,21H,1H2. The van der Waals surface area contributed by atoms with E-state index >= 15 is 0 Å². The molecule has 0 aromatic heterocycles. The van der Waals surface area contributed by atoms with Gasteiger partial charge in [0.2, 0.25) is 0 Å². The zero-order chi connectivity index (χ0) is 14.5. The summed E-state index contributed by atoms with van der Waals surface area (Å²) in [5.41, 5.74) is 0. The fourth-order valence-corrected chi connectivity index (χ4v) is 11.1. The minimum absolute atomic E-state index is 1.42. The topological polar surface area (TPSA) is 0 Å². The molecular weight excluding hydrogens is 315 g/mol. The molecule has 0 N–H and O–H groups in total. The van der Waals surface area contributed by atoms with Crippen molar-refractivity contribution in [1.82, 2.24) is 0 Å². The fraction of sp³-hybridized carbons (Fsp3) is 0. The second-order valence-electron chi connectivity index (χ2n) is 5.11. The van der Waals surface area contributed by atoms with E-state index in [0.717, 1.165) is 0 Å². The third-order valence-electron chi connectivity index (χ3n) is 3.99. The summed E-state index contributed by atoms with van der Waals surface area (Å²) in [6, 6.07) is 32.5. The monoisotopic (exact) mass is 334 g/mol. The molecule has 0 fully saturated rings. The summed E-state index contributed by atoms with van der Waals surface area (Å²) in [4.78, 5) is 2.24. The van der Waals surface area contributed by atoms with Crippen LogP contribution >= 0.6 is 0 Å². The maximum atomic E-state index is 4.25. The average Bonchev–Trinajstić information content (AvgIpc) is 2.59. The molecule has 0 saturated heterocycles. The van der Waals surface area contributed by atoms with Crippen molar-refractivity contribution in [1.29, 1.82) is 0 Å². The van der Waals surface area contributed by atoms with Gasteiger partial charge in [-0.1, -0.05) is 0 Å². The predicted molar refractivity (Wildman–Crippen MR) is 95.6 cm³/mol. The van der Waals surface area contributed by atoms with Gasteiger partial charge in [-0.2, -0.15) is 0 Å². The Hall–Kier alpha value is -2.04. The number of rotatable bonds is 4. The van der Waals surface area contributed by atoms with Crippen molar-refractivity contribution in [3.05, 3.63) is 102 Å². The van der Waals surface area contributed by atoms with Gasteiger partial charge in [-0.15, -0.1) is 0 Å². The Morgan fingerprint density at radius 1 is 0.524 bits per heavy atom. The van der Waals surface area contributed by atoms with Crippen LogP contribution in [-0.2, 0) is 0 Å². The zero-order valence-corrected chi connectivity index (χ0v) is 14.0. The number of hydrogen-bond acceptors (Lipinski definition) is 0. The second kappa shape index (κ2) is 6.16. The van der Waals surface area contributed by atoms with E-state index in [0.29, 0.717) is 0 Å². The Labute approximate surface area is 129 Å². The molecule has 0 heterocycles. The molecule has 0 aliphatic carbocycles. The Morgan fingerprint density at radius 3 is 1.05 bits per heavy atom. The summed E-state index contributed by atoms with van der Waals surface area (Å²) in [6.45, 7) is 4.25. The molecule has 3 rings (SSSR count). The normalized spacial score (nSPS) is 11.8. The van der Waals surface area contributed by atoms with Crippen LogP contribution in [0, 0.1) is 0 Å². The van der Waals surface area contributed by atoms with Crippen molar-refractivity contribution in [2.24, 2.45) is 0 Å². The molecule has 0 unspecified atom stereocenters. The molecule has 3 aromatic rings. The summed E-state index contributed by atoms with van der Waals surface area (Å²) in [5, 5.41) is 0. The van der Waals surface area contributed by atoms with Crippen LogP contribution in [0.5, 0.6) is 0 Å². The summed E-state index contributed by atoms with van der Waals surface area (Å²) < 4.78 is 4.26. The van der Waals surface area contributed by atoms with Gasteiger partial charge in [0.15, 0.2) is 0 Å². The van der Waals surface area contributed by atoms with Crippen LogP contribution in [0.3, 0.4) is 0 Å². The summed E-state index contributed by atoms with van der Waals surface area (Å²) in [5.74, 6) is 0. The summed E-state index contributed by atoms with van der Waals surface area (Å²) >= 11 is -2.77. The van der Waals surface area contributed by atoms with E-state index in [1.54, 1.807) is 0 Å². The van der Waals surface area contributed by atoms with Crippen molar-refractivity contribution in [3.63, 3.8) is 0 Å². The molecule has 0 bridgehead atoms. The van der Waals surface area contributed by atoms with Gasteiger partial charge in [0.05, 0.1) is 0 Å². The van der Waals surface area contributed by atoms with Crippen LogP contribution in [0.4, 0.5) is 0 Å². The van der Waals surface area contributed by atoms with Gasteiger partial charge in [-0.25, -0.2) is 0 Å². The Morgan fingerprint density at radius 2 is 0.810 bits per heavy atom. The van der Waals surface area contributed by atoms with Crippen LogP contribution in [0.15, 0.2) is 102 Å². The van der Waals surface area contributed by atoms with Gasteiger partial charge in [0, 0.05) is 0 Å². The third kappa shape index (κ3) is 2.48. The van der Waals surface area contributed by atoms with E-state index in [4.69, 9.17) is 0 Å². The Balaban J connectivity index is 2.31. The van der Waals surface area contributed by atoms with Crippen molar-refractivity contribution in [3.8, 4) is 0 Å². The first-order valence-electron chi connectivity index (χ1n) is 7.18. The summed E-state index contributed by atoms with van der Waals surface area (Å²) in [7, 11) is 0. The van der Waals surface area contributed by atoms with E-state index in [1.807, 2.05) is 0 Å². The van der Waals surface area contributed by atoms with Crippen LogP contribution in [0.2, 0.25) is 0 Å². The molecule has 0 amide bonds. The molecule has 0 nitrogen and oxygen atoms in total. The summed E-state index contributed by atoms with van der Waals surface area (Å²) in [6.07, 6.45) is 0. The molecule has 3 aromatic carbocycles. The van der Waals surface area contributed by atoms with E-state index < -0.39 is 13.6 Å². The molecule has 0 aliphatic heterocycles. The Kier molecular flexibility index (Phi) is 4.08. The van der Waals surface area contributed by atoms with Crippen molar-refractivity contribution >= 4 is 26.6 Å². The van der Waals surface area contributed by atoms with Crippen LogP contribution < -0.4 is 13.1 Å². The molecule has 0 spiro atoms. The van der Waals surface area contributed by atoms with Gasteiger partial charge in [-0.3, -0.25) is 0 Å². The van der Waals surface area contributed by atoms with Crippen LogP contribution in [-0.4, -0.2) is 13.6 Å². The van der Waals surface area contributed by atoms with Crippen molar-refractivity contribution < 1.29 is 0 Å². The van der Waals surface area contributed by atoms with Crippen LogP contribution in [0.1, 0.15) is 0 Å². The number of benzene rings is 3. The van der Waals surface area contributed by atoms with E-state index in [-0.39, 0.29) is 0 Å². The first-order valence-corrected chi connectivity index (χ1v) is 11.5. The van der Waals surface area contributed by atoms with Gasteiger partial charge < -0.3 is 0 Å². The second-order valence-corrected chi connectivity index (χ2v) is 13.0. The first kappa shape index (κ1) is 13.9. The van der Waals surface area contributed by atoms with Gasteiger partial charge >= 0.3 is 129 Å².